The molecule has 2 saturated carbocycles. The number of aliphatic hydroxyl groups is 1. The van der Waals surface area contributed by atoms with E-state index < -0.39 is 0 Å². The monoisotopic (exact) mass is 1060 g/mol. The predicted octanol–water partition coefficient (Wildman–Crippen LogP) is 5.22. The third kappa shape index (κ3) is 39.8. The fourth-order valence-electron chi connectivity index (χ4n) is 3.74. The molecule has 0 bridgehead atoms. The van der Waals surface area contributed by atoms with Gasteiger partial charge in [-0.25, -0.2) is 0 Å². The molecule has 0 amide bonds. The number of halogens is 6. The minimum absolute atomic E-state index is 0. The van der Waals surface area contributed by atoms with Crippen molar-refractivity contribution in [3.8, 4) is 0 Å². The molecule has 224 valence electrons. The summed E-state index contributed by atoms with van der Waals surface area (Å²) in [5, 5.41) is 11.3. The SMILES string of the molecule is Br.CC(=O)C1CC1.CCCC(=CCCBr)CCC.CCCC(O)(CCC)C1CC1.I[I-]I.[Br-].[CH2-]CC.[Mg+2]. The van der Waals surface area contributed by atoms with Crippen molar-refractivity contribution in [2.75, 3.05) is 5.33 Å². The molecule has 0 aromatic heterocycles. The van der Waals surface area contributed by atoms with Crippen molar-refractivity contribution in [2.45, 2.75) is 137 Å². The second-order valence-corrected chi connectivity index (χ2v) is 26.2. The molecule has 0 aromatic rings. The Morgan fingerprint density at radius 1 is 1.00 bits per heavy atom. The van der Waals surface area contributed by atoms with E-state index in [4.69, 9.17) is 0 Å². The second kappa shape index (κ2) is 39.8. The van der Waals surface area contributed by atoms with Crippen LogP contribution in [-0.2, 0) is 4.79 Å². The zero-order chi connectivity index (χ0) is 26.8. The molecule has 0 aliphatic heterocycles. The van der Waals surface area contributed by atoms with Crippen molar-refractivity contribution in [1.29, 1.82) is 0 Å². The summed E-state index contributed by atoms with van der Waals surface area (Å²) in [4.78, 5) is 10.2. The van der Waals surface area contributed by atoms with Crippen molar-refractivity contribution in [2.24, 2.45) is 11.8 Å². The topological polar surface area (TPSA) is 37.3 Å². The van der Waals surface area contributed by atoms with Gasteiger partial charge in [0.2, 0.25) is 0 Å². The minimum atomic E-state index is -0.288. The van der Waals surface area contributed by atoms with Gasteiger partial charge in [-0.2, -0.15) is 6.42 Å². The van der Waals surface area contributed by atoms with Crippen LogP contribution in [-0.4, -0.2) is 44.9 Å². The first-order chi connectivity index (χ1) is 16.2. The van der Waals surface area contributed by atoms with E-state index in [9.17, 15) is 9.90 Å². The number of hydrogen-bond acceptors (Lipinski definition) is 2. The number of Topliss-reactive ketones (excluding diaryl/α,β-unsaturated/α-hetero) is 1. The quantitative estimate of drug-likeness (QED) is 0.0960. The van der Waals surface area contributed by atoms with Crippen LogP contribution < -0.4 is 30.2 Å². The zero-order valence-electron chi connectivity index (χ0n) is 24.4. The van der Waals surface area contributed by atoms with Gasteiger partial charge in [0.1, 0.15) is 5.78 Å². The maximum atomic E-state index is 10.2. The average molecular weight is 1070 g/mol. The van der Waals surface area contributed by atoms with Crippen molar-refractivity contribution >= 4 is 99.0 Å². The van der Waals surface area contributed by atoms with Gasteiger partial charge in [-0.05, 0) is 70.6 Å². The van der Waals surface area contributed by atoms with Crippen LogP contribution in [0.5, 0.6) is 0 Å². The number of allylic oxidation sites excluding steroid dienone is 2. The normalized spacial score (nSPS) is 12.9. The molecule has 2 aliphatic carbocycles. The van der Waals surface area contributed by atoms with Crippen LogP contribution in [0.3, 0.4) is 0 Å². The Hall–Kier alpha value is 3.77. The summed E-state index contributed by atoms with van der Waals surface area (Å²) in [5.74, 6) is 1.47. The fraction of sp³-hybridized carbons (Fsp3) is 0.857. The van der Waals surface area contributed by atoms with Crippen LogP contribution in [0, 0.1) is 18.8 Å². The van der Waals surface area contributed by atoms with Crippen molar-refractivity contribution in [3.63, 3.8) is 0 Å². The number of carbonyl (C=O) groups is 1. The van der Waals surface area contributed by atoms with Crippen molar-refractivity contribution < 1.29 is 40.1 Å². The fourth-order valence-corrected chi connectivity index (χ4v) is 3.97. The Morgan fingerprint density at radius 2 is 1.38 bits per heavy atom. The van der Waals surface area contributed by atoms with Gasteiger partial charge in [-0.3, -0.25) is 4.79 Å². The van der Waals surface area contributed by atoms with Gasteiger partial charge in [0.15, 0.2) is 0 Å². The largest absolute Gasteiger partial charge is 2.00 e. The molecule has 2 nitrogen and oxygen atoms in total. The smallest absolute Gasteiger partial charge is 1.00 e. The van der Waals surface area contributed by atoms with Crippen LogP contribution in [0.4, 0.5) is 0 Å². The van der Waals surface area contributed by atoms with E-state index in [0.717, 1.165) is 50.3 Å². The summed E-state index contributed by atoms with van der Waals surface area (Å²) in [6.07, 6.45) is 18.8. The van der Waals surface area contributed by atoms with Gasteiger partial charge in [0.25, 0.3) is 0 Å². The standard InChI is InChI=1S/C10H19Br.C10H20O.C5H8O.C3H7.2BrH.I3.Mg/c1-3-6-10(7-4-2)8-5-9-11;1-3-7-10(11,8-4-2)9-5-6-9;1-4(6)5-2-3-5;1-3-2;;;1-3-2;/h8H,3-7,9H2,1-2H3;9,11H,3-8H2,1-2H3;5H,2-3H2,1H3;1,3H2,2H3;2*1H;;/q;;;-1;;;-1;+2/p-1. The second-order valence-electron chi connectivity index (χ2n) is 9.16. The number of rotatable bonds is 12. The molecule has 0 unspecified atom stereocenters. The first kappa shape index (κ1) is 53.3. The molecule has 0 radical (unpaired) electrons. The van der Waals surface area contributed by atoms with Gasteiger partial charge < -0.3 is 29.0 Å². The number of alkyl halides is 1. The van der Waals surface area contributed by atoms with Gasteiger partial charge in [-0.15, -0.1) is 17.0 Å². The van der Waals surface area contributed by atoms with Crippen LogP contribution >= 0.6 is 70.1 Å². The Labute approximate surface area is 307 Å². The van der Waals surface area contributed by atoms with E-state index in [1.54, 1.807) is 12.5 Å². The van der Waals surface area contributed by atoms with Crippen LogP contribution in [0.15, 0.2) is 11.6 Å². The summed E-state index contributed by atoms with van der Waals surface area (Å²) in [6, 6.07) is 0. The molecule has 9 heteroatoms. The van der Waals surface area contributed by atoms with E-state index in [-0.39, 0.29) is 62.6 Å². The number of hydrogen-bond donors (Lipinski definition) is 1. The first-order valence-corrected chi connectivity index (χ1v) is 27.0. The minimum Gasteiger partial charge on any atom is -1.00 e. The molecule has 0 saturated heterocycles. The van der Waals surface area contributed by atoms with Crippen LogP contribution in [0.1, 0.15) is 131 Å². The Bertz CT molecular complexity index is 464. The molecule has 2 aliphatic rings. The molecule has 0 aromatic carbocycles. The Kier molecular flexibility index (Phi) is 57.3. The van der Waals surface area contributed by atoms with Crippen molar-refractivity contribution in [1.82, 2.24) is 0 Å². The average Bonchev–Trinajstić information content (AvgIpc) is 3.67. The third-order valence-corrected chi connectivity index (χ3v) is 6.00. The summed E-state index contributed by atoms with van der Waals surface area (Å²) in [7, 11) is 0. The van der Waals surface area contributed by atoms with Gasteiger partial charge in [0.05, 0.1) is 5.60 Å². The third-order valence-electron chi connectivity index (χ3n) is 5.54. The first-order valence-electron chi connectivity index (χ1n) is 13.3. The van der Waals surface area contributed by atoms with Crippen LogP contribution in [0.25, 0.3) is 0 Å². The molecule has 1 N–H and O–H groups in total. The van der Waals surface area contributed by atoms with E-state index in [2.05, 4.69) is 93.9 Å². The molecule has 0 heterocycles. The molecule has 37 heavy (non-hydrogen) atoms. The van der Waals surface area contributed by atoms with E-state index in [1.165, 1.54) is 44.9 Å². The van der Waals surface area contributed by atoms with Gasteiger partial charge in [0, 0.05) is 11.2 Å². The molecule has 2 fully saturated rings. The summed E-state index contributed by atoms with van der Waals surface area (Å²) < 4.78 is 0. The predicted molar refractivity (Wildman–Crippen MR) is 187 cm³/mol. The molecule has 2 rings (SSSR count). The number of carbonyl (C=O) groups excluding carboxylic acids is 1. The molecular weight excluding hydrogens is 1010 g/mol. The number of ketones is 1. The molecule has 0 spiro atoms. The Morgan fingerprint density at radius 3 is 1.57 bits per heavy atom. The van der Waals surface area contributed by atoms with E-state index in [1.807, 2.05) is 6.92 Å². The Balaban J connectivity index is -0.0000000867. The maximum absolute atomic E-state index is 10.2. The van der Waals surface area contributed by atoms with Gasteiger partial charge in [-0.1, -0.05) is 87.9 Å². The van der Waals surface area contributed by atoms with E-state index in [0.29, 0.717) is 30.9 Å². The zero-order valence-corrected chi connectivity index (χ0v) is 37.2. The summed E-state index contributed by atoms with van der Waals surface area (Å²) in [6.45, 7) is 16.0. The summed E-state index contributed by atoms with van der Waals surface area (Å²) in [5.41, 5.74) is 1.36. The van der Waals surface area contributed by atoms with Gasteiger partial charge >= 0.3 is 73.5 Å². The molecule has 0 atom stereocenters. The van der Waals surface area contributed by atoms with Crippen molar-refractivity contribution in [3.05, 3.63) is 18.6 Å². The maximum Gasteiger partial charge on any atom is 2.00 e. The molecular formula is C28H55Br3I3MgO2-. The summed E-state index contributed by atoms with van der Waals surface area (Å²) >= 11 is 8.74. The van der Waals surface area contributed by atoms with Crippen LogP contribution in [0.2, 0.25) is 0 Å². The van der Waals surface area contributed by atoms with E-state index >= 15 is 0 Å².